The molecule has 2 amide bonds. The molecule has 2 rings (SSSR count). The van der Waals surface area contributed by atoms with Crippen LogP contribution in [-0.2, 0) is 11.3 Å². The minimum Gasteiger partial charge on any atom is -0.376 e. The Morgan fingerprint density at radius 2 is 2.14 bits per heavy atom. The summed E-state index contributed by atoms with van der Waals surface area (Å²) in [6, 6.07) is -0.0888. The highest BCUT2D eigenvalue weighted by molar-refractivity contribution is 5.74. The zero-order valence-corrected chi connectivity index (χ0v) is 13.5. The van der Waals surface area contributed by atoms with Crippen molar-refractivity contribution in [3.05, 3.63) is 18.7 Å². The number of carbonyl (C=O) groups excluding carboxylic acids is 1. The molecule has 22 heavy (non-hydrogen) atoms. The van der Waals surface area contributed by atoms with Crippen molar-refractivity contribution in [3.8, 4) is 0 Å². The van der Waals surface area contributed by atoms with Gasteiger partial charge < -0.3 is 19.9 Å². The van der Waals surface area contributed by atoms with Gasteiger partial charge in [-0.15, -0.1) is 0 Å². The molecule has 1 aliphatic carbocycles. The maximum atomic E-state index is 11.8. The molecule has 1 saturated carbocycles. The monoisotopic (exact) mass is 308 g/mol. The van der Waals surface area contributed by atoms with Crippen molar-refractivity contribution >= 4 is 6.03 Å². The Morgan fingerprint density at radius 3 is 2.82 bits per heavy atom. The molecule has 2 N–H and O–H groups in total. The Labute approximate surface area is 132 Å². The van der Waals surface area contributed by atoms with Gasteiger partial charge in [-0.25, -0.2) is 9.78 Å². The standard InChI is InChI=1S/C16H28N4O2/c1-14(12-20-10-8-17-13-20)19-16(21)18-9-11-22-15-6-4-2-3-5-7-15/h8,10,13-15H,2-7,9,11-12H2,1H3,(H2,18,19,21)/t14-/m0/s1. The van der Waals surface area contributed by atoms with Crippen molar-refractivity contribution in [1.82, 2.24) is 20.2 Å². The average Bonchev–Trinajstić information content (AvgIpc) is 2.85. The third-order valence-corrected chi connectivity index (χ3v) is 3.96. The first-order chi connectivity index (χ1) is 10.7. The van der Waals surface area contributed by atoms with Gasteiger partial charge in [0.05, 0.1) is 19.0 Å². The van der Waals surface area contributed by atoms with Crippen molar-refractivity contribution in [2.24, 2.45) is 0 Å². The molecular weight excluding hydrogens is 280 g/mol. The number of nitrogens with one attached hydrogen (secondary N) is 2. The molecule has 6 nitrogen and oxygen atoms in total. The first-order valence-electron chi connectivity index (χ1n) is 8.36. The molecule has 6 heteroatoms. The van der Waals surface area contributed by atoms with Crippen LogP contribution in [0.1, 0.15) is 45.4 Å². The number of ether oxygens (including phenoxy) is 1. The molecule has 0 unspecified atom stereocenters. The molecule has 0 aliphatic heterocycles. The predicted molar refractivity (Wildman–Crippen MR) is 85.7 cm³/mol. The normalized spacial score (nSPS) is 17.7. The van der Waals surface area contributed by atoms with Crippen molar-refractivity contribution in [3.63, 3.8) is 0 Å². The quantitative estimate of drug-likeness (QED) is 0.600. The van der Waals surface area contributed by atoms with Gasteiger partial charge in [-0.2, -0.15) is 0 Å². The first-order valence-corrected chi connectivity index (χ1v) is 8.36. The molecule has 0 bridgehead atoms. The van der Waals surface area contributed by atoms with Gasteiger partial charge in [-0.1, -0.05) is 25.7 Å². The minimum absolute atomic E-state index is 0.0528. The second-order valence-electron chi connectivity index (χ2n) is 6.05. The van der Waals surface area contributed by atoms with Crippen LogP contribution in [0.2, 0.25) is 0 Å². The third-order valence-electron chi connectivity index (χ3n) is 3.96. The lowest BCUT2D eigenvalue weighted by Crippen LogP contribution is -2.43. The summed E-state index contributed by atoms with van der Waals surface area (Å²) in [7, 11) is 0. The molecule has 1 heterocycles. The van der Waals surface area contributed by atoms with Gasteiger partial charge in [0.15, 0.2) is 0 Å². The van der Waals surface area contributed by atoms with E-state index in [-0.39, 0.29) is 12.1 Å². The summed E-state index contributed by atoms with van der Waals surface area (Å²) in [5.74, 6) is 0. The van der Waals surface area contributed by atoms with E-state index in [1.807, 2.05) is 17.7 Å². The molecule has 0 spiro atoms. The van der Waals surface area contributed by atoms with Crippen molar-refractivity contribution in [2.45, 2.75) is 64.1 Å². The molecule has 1 fully saturated rings. The van der Waals surface area contributed by atoms with Gasteiger partial charge in [0.1, 0.15) is 0 Å². The number of rotatable bonds is 7. The average molecular weight is 308 g/mol. The van der Waals surface area contributed by atoms with E-state index in [1.165, 1.54) is 25.7 Å². The molecule has 0 radical (unpaired) electrons. The lowest BCUT2D eigenvalue weighted by atomic mass is 10.1. The second kappa shape index (κ2) is 9.46. The summed E-state index contributed by atoms with van der Waals surface area (Å²) in [5, 5.41) is 5.76. The van der Waals surface area contributed by atoms with Crippen LogP contribution in [0.25, 0.3) is 0 Å². The summed E-state index contributed by atoms with van der Waals surface area (Å²) in [4.78, 5) is 15.8. The van der Waals surface area contributed by atoms with E-state index in [9.17, 15) is 4.79 Å². The van der Waals surface area contributed by atoms with E-state index >= 15 is 0 Å². The Hall–Kier alpha value is -1.56. The fraction of sp³-hybridized carbons (Fsp3) is 0.750. The number of nitrogens with zero attached hydrogens (tertiary/aromatic N) is 2. The van der Waals surface area contributed by atoms with E-state index in [1.54, 1.807) is 12.5 Å². The highest BCUT2D eigenvalue weighted by atomic mass is 16.5. The molecule has 0 saturated heterocycles. The smallest absolute Gasteiger partial charge is 0.315 e. The number of urea groups is 1. The Balaban J connectivity index is 1.53. The van der Waals surface area contributed by atoms with Gasteiger partial charge in [0.25, 0.3) is 0 Å². The fourth-order valence-corrected chi connectivity index (χ4v) is 2.83. The zero-order valence-electron chi connectivity index (χ0n) is 13.5. The number of hydrogen-bond donors (Lipinski definition) is 2. The van der Waals surface area contributed by atoms with Crippen LogP contribution in [0, 0.1) is 0 Å². The van der Waals surface area contributed by atoms with Crippen molar-refractivity contribution < 1.29 is 9.53 Å². The Kier molecular flexibility index (Phi) is 7.22. The summed E-state index contributed by atoms with van der Waals surface area (Å²) in [6.45, 7) is 3.84. The van der Waals surface area contributed by atoms with E-state index in [0.717, 1.165) is 12.8 Å². The van der Waals surface area contributed by atoms with Gasteiger partial charge in [0.2, 0.25) is 0 Å². The summed E-state index contributed by atoms with van der Waals surface area (Å²) in [6.07, 6.45) is 13.3. The van der Waals surface area contributed by atoms with E-state index in [2.05, 4.69) is 15.6 Å². The van der Waals surface area contributed by atoms with Crippen LogP contribution in [0.15, 0.2) is 18.7 Å². The summed E-state index contributed by atoms with van der Waals surface area (Å²) < 4.78 is 7.79. The molecular formula is C16H28N4O2. The van der Waals surface area contributed by atoms with E-state index in [4.69, 9.17) is 4.74 Å². The number of aromatic nitrogens is 2. The molecule has 1 aliphatic rings. The number of carbonyl (C=O) groups is 1. The Bertz CT molecular complexity index is 414. The number of imidazole rings is 1. The number of amides is 2. The van der Waals surface area contributed by atoms with Crippen molar-refractivity contribution in [1.29, 1.82) is 0 Å². The summed E-state index contributed by atoms with van der Waals surface area (Å²) >= 11 is 0. The van der Waals surface area contributed by atoms with Crippen LogP contribution in [0.3, 0.4) is 0 Å². The first kappa shape index (κ1) is 16.8. The Morgan fingerprint density at radius 1 is 1.36 bits per heavy atom. The second-order valence-corrected chi connectivity index (χ2v) is 6.05. The maximum absolute atomic E-state index is 11.8. The number of hydrogen-bond acceptors (Lipinski definition) is 3. The SMILES string of the molecule is C[C@@H](Cn1ccnc1)NC(=O)NCCOC1CCCCCC1. The van der Waals surface area contributed by atoms with E-state index in [0.29, 0.717) is 25.8 Å². The lowest BCUT2D eigenvalue weighted by Gasteiger charge is -2.17. The van der Waals surface area contributed by atoms with Gasteiger partial charge in [-0.05, 0) is 19.8 Å². The predicted octanol–water partition coefficient (Wildman–Crippen LogP) is 2.31. The highest BCUT2D eigenvalue weighted by Gasteiger charge is 2.12. The van der Waals surface area contributed by atoms with Crippen molar-refractivity contribution in [2.75, 3.05) is 13.2 Å². The molecule has 1 aromatic heterocycles. The molecule has 1 atom stereocenters. The van der Waals surface area contributed by atoms with Crippen LogP contribution in [-0.4, -0.2) is 40.9 Å². The third kappa shape index (κ3) is 6.47. The maximum Gasteiger partial charge on any atom is 0.315 e. The summed E-state index contributed by atoms with van der Waals surface area (Å²) in [5.41, 5.74) is 0. The highest BCUT2D eigenvalue weighted by Crippen LogP contribution is 2.19. The van der Waals surface area contributed by atoms with Crippen LogP contribution >= 0.6 is 0 Å². The van der Waals surface area contributed by atoms with Gasteiger partial charge >= 0.3 is 6.03 Å². The zero-order chi connectivity index (χ0) is 15.6. The van der Waals surface area contributed by atoms with Gasteiger partial charge in [-0.3, -0.25) is 0 Å². The molecule has 0 aromatic carbocycles. The molecule has 1 aromatic rings. The lowest BCUT2D eigenvalue weighted by molar-refractivity contribution is 0.0460. The topological polar surface area (TPSA) is 68.2 Å². The van der Waals surface area contributed by atoms with Crippen LogP contribution in [0.4, 0.5) is 4.79 Å². The molecule has 124 valence electrons. The van der Waals surface area contributed by atoms with Crippen LogP contribution in [0.5, 0.6) is 0 Å². The largest absolute Gasteiger partial charge is 0.376 e. The fourth-order valence-electron chi connectivity index (χ4n) is 2.83. The van der Waals surface area contributed by atoms with E-state index < -0.39 is 0 Å². The minimum atomic E-state index is -0.142. The van der Waals surface area contributed by atoms with Crippen LogP contribution < -0.4 is 10.6 Å². The van der Waals surface area contributed by atoms with Gasteiger partial charge in [0, 0.05) is 31.5 Å².